The Hall–Kier alpha value is -3.35. The van der Waals surface area contributed by atoms with Crippen LogP contribution in [0.5, 0.6) is 0 Å². The summed E-state index contributed by atoms with van der Waals surface area (Å²) in [5.41, 5.74) is 4.68. The molecule has 2 amide bonds. The van der Waals surface area contributed by atoms with Crippen molar-refractivity contribution in [3.63, 3.8) is 0 Å². The van der Waals surface area contributed by atoms with Gasteiger partial charge >= 0.3 is 12.1 Å². The van der Waals surface area contributed by atoms with E-state index in [9.17, 15) is 14.4 Å². The molecule has 1 saturated carbocycles. The first-order chi connectivity index (χ1) is 14.9. The Bertz CT molecular complexity index is 953. The van der Waals surface area contributed by atoms with Gasteiger partial charge < -0.3 is 20.1 Å². The summed E-state index contributed by atoms with van der Waals surface area (Å²) in [4.78, 5) is 36.7. The maximum atomic E-state index is 12.3. The number of hydrogen-bond donors (Lipinski definition) is 2. The van der Waals surface area contributed by atoms with Gasteiger partial charge in [-0.3, -0.25) is 9.59 Å². The first-order valence-corrected chi connectivity index (χ1v) is 10.5. The van der Waals surface area contributed by atoms with Crippen molar-refractivity contribution < 1.29 is 24.2 Å². The molecule has 1 fully saturated rings. The van der Waals surface area contributed by atoms with Crippen molar-refractivity contribution in [3.8, 4) is 11.1 Å². The number of alkyl carbamates (subject to hydrolysis) is 1. The van der Waals surface area contributed by atoms with E-state index < -0.39 is 12.1 Å². The largest absolute Gasteiger partial charge is 0.481 e. The normalized spacial score (nSPS) is 19.0. The van der Waals surface area contributed by atoms with Gasteiger partial charge in [-0.05, 0) is 35.1 Å². The highest BCUT2D eigenvalue weighted by Gasteiger charge is 2.37. The van der Waals surface area contributed by atoms with E-state index in [1.165, 1.54) is 16.0 Å². The van der Waals surface area contributed by atoms with E-state index in [0.29, 0.717) is 12.8 Å². The van der Waals surface area contributed by atoms with Crippen molar-refractivity contribution in [2.75, 3.05) is 20.2 Å². The van der Waals surface area contributed by atoms with Crippen molar-refractivity contribution >= 4 is 18.0 Å². The van der Waals surface area contributed by atoms with Gasteiger partial charge in [-0.25, -0.2) is 4.79 Å². The predicted molar refractivity (Wildman–Crippen MR) is 115 cm³/mol. The molecule has 0 saturated heterocycles. The molecular weight excluding hydrogens is 396 g/mol. The molecule has 0 atom stereocenters. The number of nitrogens with one attached hydrogen (secondary N) is 1. The lowest BCUT2D eigenvalue weighted by Crippen LogP contribution is -2.50. The Morgan fingerprint density at radius 1 is 1.03 bits per heavy atom. The first-order valence-electron chi connectivity index (χ1n) is 10.5. The summed E-state index contributed by atoms with van der Waals surface area (Å²) in [7, 11) is 1.61. The number of carbonyl (C=O) groups is 3. The quantitative estimate of drug-likeness (QED) is 0.714. The highest BCUT2D eigenvalue weighted by molar-refractivity contribution is 5.81. The van der Waals surface area contributed by atoms with Gasteiger partial charge in [-0.2, -0.15) is 0 Å². The molecule has 0 spiro atoms. The summed E-state index contributed by atoms with van der Waals surface area (Å²) in [6.45, 7) is 0.446. The van der Waals surface area contributed by atoms with Crippen molar-refractivity contribution in [1.29, 1.82) is 0 Å². The summed E-state index contributed by atoms with van der Waals surface area (Å²) in [6.07, 6.45) is 0.536. The van der Waals surface area contributed by atoms with Gasteiger partial charge in [-0.1, -0.05) is 48.5 Å². The van der Waals surface area contributed by atoms with Gasteiger partial charge in [-0.15, -0.1) is 0 Å². The maximum absolute atomic E-state index is 12.3. The Kier molecular flexibility index (Phi) is 5.93. The summed E-state index contributed by atoms with van der Waals surface area (Å²) in [5.74, 6) is -1.18. The topological polar surface area (TPSA) is 95.9 Å². The van der Waals surface area contributed by atoms with Crippen molar-refractivity contribution in [1.82, 2.24) is 10.2 Å². The monoisotopic (exact) mass is 422 g/mol. The molecule has 7 nitrogen and oxygen atoms in total. The molecule has 2 aliphatic carbocycles. The number of carboxylic acid groups (broad SMARTS) is 1. The number of nitrogens with zero attached hydrogens (tertiary/aromatic N) is 1. The lowest BCUT2D eigenvalue weighted by Gasteiger charge is -2.36. The van der Waals surface area contributed by atoms with Crippen molar-refractivity contribution in [2.45, 2.75) is 31.2 Å². The first kappa shape index (κ1) is 20.9. The Balaban J connectivity index is 1.26. The number of carbonyl (C=O) groups excluding carboxylic acids is 2. The lowest BCUT2D eigenvalue weighted by molar-refractivity contribution is -0.140. The predicted octanol–water partition coefficient (Wildman–Crippen LogP) is 3.24. The average molecular weight is 422 g/mol. The fourth-order valence-corrected chi connectivity index (χ4v) is 4.43. The molecule has 2 aromatic carbocycles. The van der Waals surface area contributed by atoms with Crippen LogP contribution in [0.1, 0.15) is 36.3 Å². The molecule has 0 bridgehead atoms. The highest BCUT2D eigenvalue weighted by Crippen LogP contribution is 2.44. The minimum Gasteiger partial charge on any atom is -0.481 e. The Morgan fingerprint density at radius 3 is 2.19 bits per heavy atom. The zero-order chi connectivity index (χ0) is 22.0. The molecule has 0 aromatic heterocycles. The second kappa shape index (κ2) is 8.79. The number of amides is 2. The molecular formula is C24H26N2O5. The number of fused-ring (bicyclic) bond motifs is 3. The number of hydrogen-bond acceptors (Lipinski definition) is 4. The number of carboxylic acids is 1. The number of ether oxygens (including phenoxy) is 1. The average Bonchev–Trinajstić information content (AvgIpc) is 3.06. The van der Waals surface area contributed by atoms with Gasteiger partial charge in [0.1, 0.15) is 6.61 Å². The minimum absolute atomic E-state index is 0.0109. The van der Waals surface area contributed by atoms with Gasteiger partial charge in [0.15, 0.2) is 0 Å². The third-order valence-electron chi connectivity index (χ3n) is 6.19. The van der Waals surface area contributed by atoms with Crippen LogP contribution in [0.15, 0.2) is 48.5 Å². The summed E-state index contributed by atoms with van der Waals surface area (Å²) >= 11 is 0. The van der Waals surface area contributed by atoms with Crippen LogP contribution in [0, 0.1) is 5.92 Å². The number of aliphatic carboxylic acids is 1. The van der Waals surface area contributed by atoms with E-state index in [1.807, 2.05) is 24.3 Å². The van der Waals surface area contributed by atoms with Gasteiger partial charge in [0.05, 0.1) is 6.42 Å². The summed E-state index contributed by atoms with van der Waals surface area (Å²) in [6, 6.07) is 16.2. The van der Waals surface area contributed by atoms with Crippen LogP contribution in [0.4, 0.5) is 4.79 Å². The van der Waals surface area contributed by atoms with Crippen LogP contribution in [0.3, 0.4) is 0 Å². The molecule has 162 valence electrons. The third-order valence-corrected chi connectivity index (χ3v) is 6.19. The van der Waals surface area contributed by atoms with Gasteiger partial charge in [0.25, 0.3) is 0 Å². The minimum atomic E-state index is -0.928. The van der Waals surface area contributed by atoms with Crippen LogP contribution in [0.2, 0.25) is 0 Å². The number of rotatable bonds is 7. The zero-order valence-electron chi connectivity index (χ0n) is 17.4. The molecule has 0 unspecified atom stereocenters. The van der Waals surface area contributed by atoms with E-state index in [1.54, 1.807) is 7.05 Å². The zero-order valence-corrected chi connectivity index (χ0v) is 17.4. The summed E-state index contributed by atoms with van der Waals surface area (Å²) < 4.78 is 5.54. The van der Waals surface area contributed by atoms with Gasteiger partial charge in [0.2, 0.25) is 5.91 Å². The second-order valence-corrected chi connectivity index (χ2v) is 8.24. The Labute approximate surface area is 181 Å². The third kappa shape index (κ3) is 4.40. The van der Waals surface area contributed by atoms with Gasteiger partial charge in [0, 0.05) is 31.5 Å². The van der Waals surface area contributed by atoms with Crippen LogP contribution in [-0.4, -0.2) is 54.2 Å². The molecule has 2 aromatic rings. The van der Waals surface area contributed by atoms with Crippen LogP contribution in [0.25, 0.3) is 11.1 Å². The molecule has 0 aliphatic heterocycles. The SMILES string of the molecule is CN(CCC(=O)O)C(=O)C1CC(NC(=O)OCC2c3ccccc3-c3ccccc32)C1. The lowest BCUT2D eigenvalue weighted by atomic mass is 9.79. The standard InChI is InChI=1S/C24H26N2O5/c1-26(11-10-22(27)28)23(29)15-12-16(13-15)25-24(30)31-14-21-19-8-4-2-6-17(19)18-7-3-5-9-20(18)21/h2-9,15-16,21H,10-14H2,1H3,(H,25,30)(H,27,28). The molecule has 0 radical (unpaired) electrons. The highest BCUT2D eigenvalue weighted by atomic mass is 16.5. The van der Waals surface area contributed by atoms with E-state index in [0.717, 1.165) is 11.1 Å². The smallest absolute Gasteiger partial charge is 0.407 e. The van der Waals surface area contributed by atoms with Crippen LogP contribution >= 0.6 is 0 Å². The van der Waals surface area contributed by atoms with Crippen LogP contribution in [-0.2, 0) is 14.3 Å². The molecule has 31 heavy (non-hydrogen) atoms. The molecule has 0 heterocycles. The molecule has 7 heteroatoms. The summed E-state index contributed by atoms with van der Waals surface area (Å²) in [5, 5.41) is 11.6. The Morgan fingerprint density at radius 2 is 1.61 bits per heavy atom. The fraction of sp³-hybridized carbons (Fsp3) is 0.375. The second-order valence-electron chi connectivity index (χ2n) is 8.24. The van der Waals surface area contributed by atoms with E-state index >= 15 is 0 Å². The van der Waals surface area contributed by atoms with E-state index in [4.69, 9.17) is 9.84 Å². The molecule has 4 rings (SSSR count). The van der Waals surface area contributed by atoms with E-state index in [-0.39, 0.29) is 43.4 Å². The number of benzene rings is 2. The fourth-order valence-electron chi connectivity index (χ4n) is 4.43. The maximum Gasteiger partial charge on any atom is 0.407 e. The van der Waals surface area contributed by atoms with Crippen molar-refractivity contribution in [3.05, 3.63) is 59.7 Å². The van der Waals surface area contributed by atoms with Crippen molar-refractivity contribution in [2.24, 2.45) is 5.92 Å². The van der Waals surface area contributed by atoms with Crippen LogP contribution < -0.4 is 5.32 Å². The molecule has 2 aliphatic rings. The van der Waals surface area contributed by atoms with E-state index in [2.05, 4.69) is 29.6 Å². The molecule has 2 N–H and O–H groups in total.